The van der Waals surface area contributed by atoms with Crippen molar-refractivity contribution in [3.8, 4) is 0 Å². The Morgan fingerprint density at radius 1 is 0.820 bits per heavy atom. The van der Waals surface area contributed by atoms with Gasteiger partial charge in [-0.25, -0.2) is 28.0 Å². The van der Waals surface area contributed by atoms with Gasteiger partial charge in [-0.15, -0.1) is 0 Å². The number of aliphatic hydroxyl groups is 4. The molecule has 18 nitrogen and oxygen atoms in total. The highest BCUT2D eigenvalue weighted by Crippen LogP contribution is 2.29. The Bertz CT molecular complexity index is 1590. The standard InChI is InChI=1S/2C15H22FN3O6/c1-7(2)4-5-24-15(23)18-12-9(16)6-19(14(22)17-12)13-11(21)10(20)8(3)25-13;1-4-7(2)6-24-15(23)18-12-9(16)5-19(14(22)17-12)13-11(21)10(20)8(3)25-13/h6-8,10-11,13,20-21H,4-5H2,1-3H3,(H,17,18,22,23);5,7-8,10-11,13,20-21H,4,6H2,1-3H3,(H,17,18,22,23)/t8-,10-,11-,13-;7?,8-,10-,11-,13-/m11/s1. The fourth-order valence-corrected chi connectivity index (χ4v) is 4.53. The summed E-state index contributed by atoms with van der Waals surface area (Å²) in [6, 6.07) is 0. The highest BCUT2D eigenvalue weighted by atomic mass is 19.1. The minimum absolute atomic E-state index is 0.144. The summed E-state index contributed by atoms with van der Waals surface area (Å²) < 4.78 is 50.0. The highest BCUT2D eigenvalue weighted by molar-refractivity contribution is 5.83. The van der Waals surface area contributed by atoms with Crippen LogP contribution >= 0.6 is 0 Å². The maximum atomic E-state index is 14.1. The minimum Gasteiger partial charge on any atom is -0.449 e. The first kappa shape index (κ1) is 40.4. The van der Waals surface area contributed by atoms with Crippen LogP contribution in [0.25, 0.3) is 0 Å². The van der Waals surface area contributed by atoms with E-state index in [0.717, 1.165) is 27.9 Å². The van der Waals surface area contributed by atoms with E-state index in [2.05, 4.69) is 20.6 Å². The van der Waals surface area contributed by atoms with E-state index >= 15 is 0 Å². The van der Waals surface area contributed by atoms with E-state index in [1.54, 1.807) is 0 Å². The maximum absolute atomic E-state index is 14.1. The molecule has 0 aliphatic carbocycles. The van der Waals surface area contributed by atoms with Crippen molar-refractivity contribution in [3.05, 3.63) is 45.0 Å². The zero-order valence-corrected chi connectivity index (χ0v) is 28.4. The van der Waals surface area contributed by atoms with E-state index in [1.165, 1.54) is 13.8 Å². The summed E-state index contributed by atoms with van der Waals surface area (Å²) in [5.41, 5.74) is -1.91. The molecule has 2 fully saturated rings. The van der Waals surface area contributed by atoms with Crippen LogP contribution in [0.15, 0.2) is 22.0 Å². The smallest absolute Gasteiger partial charge is 0.412 e. The van der Waals surface area contributed by atoms with Gasteiger partial charge in [0.15, 0.2) is 35.7 Å². The summed E-state index contributed by atoms with van der Waals surface area (Å²) >= 11 is 0. The monoisotopic (exact) mass is 718 g/mol. The quantitative estimate of drug-likeness (QED) is 0.202. The lowest BCUT2D eigenvalue weighted by Gasteiger charge is -2.17. The number of carbonyl (C=O) groups is 2. The van der Waals surface area contributed by atoms with Crippen LogP contribution in [0.3, 0.4) is 0 Å². The molecule has 2 saturated heterocycles. The van der Waals surface area contributed by atoms with Crippen molar-refractivity contribution < 1.29 is 57.7 Å². The van der Waals surface area contributed by atoms with Crippen molar-refractivity contribution in [2.24, 2.45) is 11.8 Å². The normalized spacial score (nSPS) is 26.6. The molecule has 280 valence electrons. The molecular weight excluding hydrogens is 674 g/mol. The van der Waals surface area contributed by atoms with Crippen LogP contribution in [0.4, 0.5) is 30.0 Å². The lowest BCUT2D eigenvalue weighted by molar-refractivity contribution is -0.0355. The molecule has 2 aliphatic rings. The third-order valence-corrected chi connectivity index (χ3v) is 7.88. The molecule has 50 heavy (non-hydrogen) atoms. The van der Waals surface area contributed by atoms with E-state index in [0.29, 0.717) is 12.3 Å². The van der Waals surface area contributed by atoms with Crippen LogP contribution in [0.2, 0.25) is 0 Å². The molecule has 2 amide bonds. The molecule has 2 aliphatic heterocycles. The Morgan fingerprint density at radius 2 is 1.24 bits per heavy atom. The van der Waals surface area contributed by atoms with E-state index in [-0.39, 0.29) is 19.1 Å². The Labute approximate surface area is 285 Å². The number of hydrogen-bond donors (Lipinski definition) is 6. The summed E-state index contributed by atoms with van der Waals surface area (Å²) in [4.78, 5) is 54.2. The van der Waals surface area contributed by atoms with Crippen LogP contribution < -0.4 is 22.0 Å². The first-order valence-electron chi connectivity index (χ1n) is 15.9. The second-order valence-corrected chi connectivity index (χ2v) is 12.4. The zero-order chi connectivity index (χ0) is 37.4. The molecule has 2 aromatic heterocycles. The van der Waals surface area contributed by atoms with Gasteiger partial charge in [-0.05, 0) is 32.1 Å². The molecule has 0 spiro atoms. The first-order valence-corrected chi connectivity index (χ1v) is 15.9. The second-order valence-electron chi connectivity index (χ2n) is 12.4. The van der Waals surface area contributed by atoms with Crippen LogP contribution in [0, 0.1) is 23.5 Å². The molecule has 4 rings (SSSR count). The number of halogens is 2. The average Bonchev–Trinajstić information content (AvgIpc) is 3.46. The Morgan fingerprint density at radius 3 is 1.60 bits per heavy atom. The number of aliphatic hydroxyl groups excluding tert-OH is 4. The molecular formula is C30H44F2N6O12. The summed E-state index contributed by atoms with van der Waals surface area (Å²) in [5, 5.41) is 43.2. The first-order chi connectivity index (χ1) is 23.4. The number of rotatable bonds is 10. The molecule has 1 unspecified atom stereocenters. The molecule has 2 aromatic rings. The van der Waals surface area contributed by atoms with Crippen molar-refractivity contribution in [1.29, 1.82) is 0 Å². The number of amides is 2. The van der Waals surface area contributed by atoms with Gasteiger partial charge in [-0.3, -0.25) is 19.8 Å². The number of nitrogens with zero attached hydrogens (tertiary/aromatic N) is 4. The Balaban J connectivity index is 0.000000270. The minimum atomic E-state index is -1.41. The lowest BCUT2D eigenvalue weighted by Crippen LogP contribution is -2.36. The molecule has 0 radical (unpaired) electrons. The summed E-state index contributed by atoms with van der Waals surface area (Å²) in [5.74, 6) is -2.71. The number of anilines is 2. The van der Waals surface area contributed by atoms with Crippen LogP contribution in [-0.4, -0.2) is 102 Å². The van der Waals surface area contributed by atoms with E-state index < -0.39 is 95.9 Å². The molecule has 6 N–H and O–H groups in total. The van der Waals surface area contributed by atoms with Gasteiger partial charge in [0.2, 0.25) is 0 Å². The van der Waals surface area contributed by atoms with Gasteiger partial charge >= 0.3 is 23.6 Å². The van der Waals surface area contributed by atoms with Crippen molar-refractivity contribution >= 4 is 23.8 Å². The van der Waals surface area contributed by atoms with E-state index in [1.807, 2.05) is 27.7 Å². The fourth-order valence-electron chi connectivity index (χ4n) is 4.53. The largest absolute Gasteiger partial charge is 0.449 e. The van der Waals surface area contributed by atoms with Crippen molar-refractivity contribution in [1.82, 2.24) is 19.1 Å². The third kappa shape index (κ3) is 10.2. The SMILES string of the molecule is CC(C)CCOC(=O)Nc1nc(=O)n([C@@H]2O[C@H](C)[C@@H](O)[C@H]2O)cc1F.CCC(C)COC(=O)Nc1nc(=O)n([C@@H]2O[C@H](C)[C@@H](O)[C@H]2O)cc1F. The number of nitrogens with one attached hydrogen (secondary N) is 2. The van der Waals surface area contributed by atoms with Gasteiger partial charge in [0, 0.05) is 0 Å². The highest BCUT2D eigenvalue weighted by Gasteiger charge is 2.43. The van der Waals surface area contributed by atoms with E-state index in [4.69, 9.17) is 18.9 Å². The third-order valence-electron chi connectivity index (χ3n) is 7.88. The van der Waals surface area contributed by atoms with Crippen LogP contribution in [-0.2, 0) is 18.9 Å². The van der Waals surface area contributed by atoms with Crippen LogP contribution in [0.1, 0.15) is 66.8 Å². The van der Waals surface area contributed by atoms with Crippen molar-refractivity contribution in [2.45, 2.75) is 103 Å². The van der Waals surface area contributed by atoms with Crippen molar-refractivity contribution in [2.75, 3.05) is 23.8 Å². The lowest BCUT2D eigenvalue weighted by atomic mass is 10.1. The number of aromatic nitrogens is 4. The van der Waals surface area contributed by atoms with Gasteiger partial charge in [-0.2, -0.15) is 9.97 Å². The van der Waals surface area contributed by atoms with Gasteiger partial charge in [0.25, 0.3) is 0 Å². The number of ether oxygens (including phenoxy) is 4. The molecule has 0 aromatic carbocycles. The van der Waals surface area contributed by atoms with Crippen LogP contribution in [0.5, 0.6) is 0 Å². The molecule has 0 bridgehead atoms. The maximum Gasteiger partial charge on any atom is 0.412 e. The molecule has 9 atom stereocenters. The van der Waals surface area contributed by atoms with Gasteiger partial charge in [0.05, 0.1) is 37.8 Å². The van der Waals surface area contributed by atoms with Gasteiger partial charge in [-0.1, -0.05) is 34.1 Å². The van der Waals surface area contributed by atoms with Crippen molar-refractivity contribution in [3.63, 3.8) is 0 Å². The summed E-state index contributed by atoms with van der Waals surface area (Å²) in [6.45, 7) is 11.1. The zero-order valence-electron chi connectivity index (χ0n) is 28.4. The van der Waals surface area contributed by atoms with E-state index in [9.17, 15) is 48.4 Å². The average molecular weight is 719 g/mol. The summed E-state index contributed by atoms with van der Waals surface area (Å²) in [6.07, 6.45) is -8.16. The molecule has 0 saturated carbocycles. The molecule has 20 heteroatoms. The second kappa shape index (κ2) is 17.7. The molecule has 4 heterocycles. The van der Waals surface area contributed by atoms with Gasteiger partial charge in [0.1, 0.15) is 24.4 Å². The Hall–Kier alpha value is -4.08. The topological polar surface area (TPSA) is 246 Å². The van der Waals surface area contributed by atoms with Gasteiger partial charge < -0.3 is 39.4 Å². The Kier molecular flexibility index (Phi) is 14.3. The fraction of sp³-hybridized carbons (Fsp3) is 0.667. The number of carbonyl (C=O) groups excluding carboxylic acids is 2. The number of hydrogen-bond acceptors (Lipinski definition) is 14. The predicted molar refractivity (Wildman–Crippen MR) is 169 cm³/mol. The summed E-state index contributed by atoms with van der Waals surface area (Å²) in [7, 11) is 0. The predicted octanol–water partition coefficient (Wildman–Crippen LogP) is 1.23.